The number of hydrogen-bond donors (Lipinski definition) is 1. The number of aromatic nitrogens is 1. The molecule has 18 heavy (non-hydrogen) atoms. The predicted molar refractivity (Wildman–Crippen MR) is 79.6 cm³/mol. The van der Waals surface area contributed by atoms with Crippen LogP contribution in [0.25, 0.3) is 11.1 Å². The van der Waals surface area contributed by atoms with Crippen molar-refractivity contribution in [2.75, 3.05) is 0 Å². The molecule has 0 aliphatic carbocycles. The van der Waals surface area contributed by atoms with Crippen LogP contribution >= 0.6 is 12.6 Å². The van der Waals surface area contributed by atoms with Crippen molar-refractivity contribution in [3.63, 3.8) is 0 Å². The topological polar surface area (TPSA) is 26.0 Å². The van der Waals surface area contributed by atoms with Crippen LogP contribution in [0.2, 0.25) is 0 Å². The second-order valence-corrected chi connectivity index (χ2v) is 6.86. The predicted octanol–water partition coefficient (Wildman–Crippen LogP) is 4.55. The van der Waals surface area contributed by atoms with E-state index in [1.165, 1.54) is 5.56 Å². The highest BCUT2D eigenvalue weighted by Crippen LogP contribution is 2.30. The first-order valence-electron chi connectivity index (χ1n) is 6.37. The van der Waals surface area contributed by atoms with Crippen LogP contribution in [0, 0.1) is 0 Å². The molecular formula is C15H21NOS. The Morgan fingerprint density at radius 3 is 2.44 bits per heavy atom. The van der Waals surface area contributed by atoms with Gasteiger partial charge in [-0.15, -0.1) is 0 Å². The Morgan fingerprint density at radius 1 is 1.22 bits per heavy atom. The maximum absolute atomic E-state index is 5.80. The van der Waals surface area contributed by atoms with E-state index in [1.807, 2.05) is 6.20 Å². The molecule has 0 bridgehead atoms. The molecule has 0 saturated carbocycles. The zero-order chi connectivity index (χ0) is 13.5. The van der Waals surface area contributed by atoms with Crippen LogP contribution in [0.15, 0.2) is 22.7 Å². The van der Waals surface area contributed by atoms with Gasteiger partial charge in [-0.25, -0.2) is 4.98 Å². The summed E-state index contributed by atoms with van der Waals surface area (Å²) in [6.45, 7) is 10.8. The third-order valence-electron chi connectivity index (χ3n) is 3.43. The molecule has 2 aromatic rings. The van der Waals surface area contributed by atoms with Crippen LogP contribution in [-0.2, 0) is 5.41 Å². The van der Waals surface area contributed by atoms with E-state index in [0.717, 1.165) is 16.9 Å². The van der Waals surface area contributed by atoms with Gasteiger partial charge >= 0.3 is 0 Å². The smallest absolute Gasteiger partial charge is 0.226 e. The first-order valence-corrected chi connectivity index (χ1v) is 6.88. The Hall–Kier alpha value is -0.960. The largest absolute Gasteiger partial charge is 0.442 e. The number of pyridine rings is 1. The standard InChI is InChI=1S/C15H21NOS/c1-9(10(2)18)13-7-11-6-12(15(3,4)5)8-16-14(11)17-13/h6-10,18H,1-5H3. The normalized spacial score (nSPS) is 15.9. The van der Waals surface area contributed by atoms with Crippen molar-refractivity contribution in [3.8, 4) is 0 Å². The molecule has 2 rings (SSSR count). The first kappa shape index (κ1) is 13.5. The lowest BCUT2D eigenvalue weighted by molar-refractivity contribution is 0.497. The van der Waals surface area contributed by atoms with Crippen LogP contribution in [0.5, 0.6) is 0 Å². The van der Waals surface area contributed by atoms with Crippen molar-refractivity contribution in [2.45, 2.75) is 51.2 Å². The molecule has 0 fully saturated rings. The number of furan rings is 1. The van der Waals surface area contributed by atoms with Crippen LogP contribution in [0.3, 0.4) is 0 Å². The van der Waals surface area contributed by atoms with E-state index in [9.17, 15) is 0 Å². The zero-order valence-corrected chi connectivity index (χ0v) is 12.6. The van der Waals surface area contributed by atoms with Crippen molar-refractivity contribution < 1.29 is 4.42 Å². The van der Waals surface area contributed by atoms with E-state index in [0.29, 0.717) is 5.92 Å². The lowest BCUT2D eigenvalue weighted by atomic mass is 9.88. The van der Waals surface area contributed by atoms with Gasteiger partial charge in [-0.3, -0.25) is 0 Å². The summed E-state index contributed by atoms with van der Waals surface area (Å²) in [5, 5.41) is 1.35. The Morgan fingerprint density at radius 2 is 1.89 bits per heavy atom. The quantitative estimate of drug-likeness (QED) is 0.805. The third kappa shape index (κ3) is 2.56. The molecule has 0 aliphatic heterocycles. The third-order valence-corrected chi connectivity index (χ3v) is 3.88. The average Bonchev–Trinajstić information content (AvgIpc) is 2.68. The van der Waals surface area contributed by atoms with E-state index in [-0.39, 0.29) is 10.7 Å². The molecule has 2 atom stereocenters. The number of thiol groups is 1. The van der Waals surface area contributed by atoms with Gasteiger partial charge in [0.05, 0.1) is 0 Å². The molecule has 98 valence electrons. The number of nitrogens with zero attached hydrogens (tertiary/aromatic N) is 1. The zero-order valence-electron chi connectivity index (χ0n) is 11.7. The van der Waals surface area contributed by atoms with Gasteiger partial charge in [-0.2, -0.15) is 12.6 Å². The fourth-order valence-electron chi connectivity index (χ4n) is 1.82. The molecule has 2 unspecified atom stereocenters. The van der Waals surface area contributed by atoms with Crippen molar-refractivity contribution in [1.29, 1.82) is 0 Å². The molecule has 0 N–H and O–H groups in total. The average molecular weight is 263 g/mol. The summed E-state index contributed by atoms with van der Waals surface area (Å²) < 4.78 is 5.80. The van der Waals surface area contributed by atoms with E-state index < -0.39 is 0 Å². The molecule has 0 radical (unpaired) electrons. The molecule has 2 nitrogen and oxygen atoms in total. The second kappa shape index (κ2) is 4.61. The Labute approximate surface area is 114 Å². The number of hydrogen-bond acceptors (Lipinski definition) is 3. The van der Waals surface area contributed by atoms with E-state index in [1.54, 1.807) is 0 Å². The van der Waals surface area contributed by atoms with E-state index >= 15 is 0 Å². The van der Waals surface area contributed by atoms with Gasteiger partial charge in [0, 0.05) is 22.8 Å². The lowest BCUT2D eigenvalue weighted by Crippen LogP contribution is -2.10. The van der Waals surface area contributed by atoms with Crippen molar-refractivity contribution in [3.05, 3.63) is 29.7 Å². The van der Waals surface area contributed by atoms with Gasteiger partial charge in [0.25, 0.3) is 0 Å². The van der Waals surface area contributed by atoms with Crippen LogP contribution < -0.4 is 0 Å². The molecule has 2 heterocycles. The van der Waals surface area contributed by atoms with Crippen molar-refractivity contribution in [2.24, 2.45) is 0 Å². The summed E-state index contributed by atoms with van der Waals surface area (Å²) in [5.41, 5.74) is 2.06. The van der Waals surface area contributed by atoms with Gasteiger partial charge in [-0.1, -0.05) is 34.6 Å². The highest BCUT2D eigenvalue weighted by atomic mass is 32.1. The van der Waals surface area contributed by atoms with Gasteiger partial charge in [0.15, 0.2) is 0 Å². The van der Waals surface area contributed by atoms with Gasteiger partial charge in [0.1, 0.15) is 5.76 Å². The molecule has 0 saturated heterocycles. The molecule has 0 aliphatic rings. The SMILES string of the molecule is CC(S)C(C)c1cc2cc(C(C)(C)C)cnc2o1. The van der Waals surface area contributed by atoms with Crippen LogP contribution in [0.1, 0.15) is 51.9 Å². The molecular weight excluding hydrogens is 242 g/mol. The Balaban J connectivity index is 2.46. The number of rotatable bonds is 2. The molecule has 0 aromatic carbocycles. The van der Waals surface area contributed by atoms with Crippen LogP contribution in [-0.4, -0.2) is 10.2 Å². The van der Waals surface area contributed by atoms with Gasteiger partial charge in [0.2, 0.25) is 5.71 Å². The fourth-order valence-corrected chi connectivity index (χ4v) is 1.97. The summed E-state index contributed by atoms with van der Waals surface area (Å²) >= 11 is 4.47. The minimum Gasteiger partial charge on any atom is -0.442 e. The molecule has 3 heteroatoms. The minimum absolute atomic E-state index is 0.112. The minimum atomic E-state index is 0.112. The monoisotopic (exact) mass is 263 g/mol. The van der Waals surface area contributed by atoms with Crippen molar-refractivity contribution in [1.82, 2.24) is 4.98 Å². The molecule has 0 spiro atoms. The summed E-state index contributed by atoms with van der Waals surface area (Å²) in [4.78, 5) is 4.42. The Bertz CT molecular complexity index is 551. The highest BCUT2D eigenvalue weighted by Gasteiger charge is 2.19. The van der Waals surface area contributed by atoms with Gasteiger partial charge < -0.3 is 4.42 Å². The first-order chi connectivity index (χ1) is 8.29. The van der Waals surface area contributed by atoms with Crippen molar-refractivity contribution >= 4 is 23.7 Å². The van der Waals surface area contributed by atoms with Gasteiger partial charge in [-0.05, 0) is 23.1 Å². The maximum atomic E-state index is 5.80. The molecule has 0 amide bonds. The second-order valence-electron chi connectivity index (χ2n) is 6.05. The summed E-state index contributed by atoms with van der Waals surface area (Å²) in [6.07, 6.45) is 1.91. The summed E-state index contributed by atoms with van der Waals surface area (Å²) in [6, 6.07) is 4.26. The molecule has 2 aromatic heterocycles. The Kier molecular flexibility index (Phi) is 3.45. The lowest BCUT2D eigenvalue weighted by Gasteiger charge is -2.17. The summed E-state index contributed by atoms with van der Waals surface area (Å²) in [7, 11) is 0. The van der Waals surface area contributed by atoms with E-state index in [4.69, 9.17) is 4.42 Å². The highest BCUT2D eigenvalue weighted by molar-refractivity contribution is 7.81. The fraction of sp³-hybridized carbons (Fsp3) is 0.533. The summed E-state index contributed by atoms with van der Waals surface area (Å²) in [5.74, 6) is 1.26. The maximum Gasteiger partial charge on any atom is 0.226 e. The van der Waals surface area contributed by atoms with E-state index in [2.05, 4.69) is 64.4 Å². The van der Waals surface area contributed by atoms with Crippen LogP contribution in [0.4, 0.5) is 0 Å². The number of fused-ring (bicyclic) bond motifs is 1.